The van der Waals surface area contributed by atoms with Crippen LogP contribution in [0.2, 0.25) is 0 Å². The summed E-state index contributed by atoms with van der Waals surface area (Å²) in [5.74, 6) is -0.0903. The highest BCUT2D eigenvalue weighted by atomic mass is 127. The zero-order valence-electron chi connectivity index (χ0n) is 4.61. The maximum atomic E-state index is 10.3. The Morgan fingerprint density at radius 1 is 1.88 bits per heavy atom. The average Bonchev–Trinajstić information content (AvgIpc) is 1.83. The average molecular weight is 229 g/mol. The summed E-state index contributed by atoms with van der Waals surface area (Å²) in [6.45, 7) is 2.60. The van der Waals surface area contributed by atoms with E-state index in [1.807, 2.05) is 6.92 Å². The minimum absolute atomic E-state index is 0.0903. The van der Waals surface area contributed by atoms with E-state index in [4.69, 9.17) is 4.74 Å². The summed E-state index contributed by atoms with van der Waals surface area (Å²) in [5.41, 5.74) is 0. The number of amides is 1. The number of carbonyl (C=O) groups is 1. The van der Waals surface area contributed by atoms with Crippen molar-refractivity contribution >= 4 is 28.8 Å². The second kappa shape index (κ2) is 5.30. The summed E-state index contributed by atoms with van der Waals surface area (Å²) in [5, 5.41) is 0. The Balaban J connectivity index is 2.99. The van der Waals surface area contributed by atoms with Crippen LogP contribution in [-0.4, -0.2) is 19.1 Å². The highest BCUT2D eigenvalue weighted by Gasteiger charge is 1.93. The minimum Gasteiger partial charge on any atom is -0.372 e. The van der Waals surface area contributed by atoms with E-state index in [1.54, 1.807) is 22.9 Å². The van der Waals surface area contributed by atoms with Crippen molar-refractivity contribution in [2.75, 3.05) is 13.2 Å². The van der Waals surface area contributed by atoms with Crippen LogP contribution in [0.5, 0.6) is 0 Å². The molecular formula is C4H8INO2. The summed E-state index contributed by atoms with van der Waals surface area (Å²) >= 11 is 1.77. The summed E-state index contributed by atoms with van der Waals surface area (Å²) in [6, 6.07) is 0. The van der Waals surface area contributed by atoms with Gasteiger partial charge in [0, 0.05) is 6.61 Å². The predicted molar refractivity (Wildman–Crippen MR) is 38.7 cm³/mol. The molecule has 0 atom stereocenters. The number of halogens is 1. The fourth-order valence-electron chi connectivity index (χ4n) is 0.222. The topological polar surface area (TPSA) is 38.3 Å². The molecule has 0 aliphatic carbocycles. The quantitative estimate of drug-likeness (QED) is 0.564. The van der Waals surface area contributed by atoms with Gasteiger partial charge >= 0.3 is 0 Å². The lowest BCUT2D eigenvalue weighted by atomic mass is 10.7. The van der Waals surface area contributed by atoms with Crippen LogP contribution < -0.4 is 3.53 Å². The van der Waals surface area contributed by atoms with E-state index < -0.39 is 0 Å². The number of nitrogens with one attached hydrogen (secondary N) is 1. The molecule has 0 aromatic heterocycles. The van der Waals surface area contributed by atoms with Crippen LogP contribution in [0.25, 0.3) is 0 Å². The third-order valence-electron chi connectivity index (χ3n) is 0.543. The van der Waals surface area contributed by atoms with Gasteiger partial charge in [0.1, 0.15) is 6.61 Å². The first-order valence-corrected chi connectivity index (χ1v) is 3.36. The third kappa shape index (κ3) is 4.32. The van der Waals surface area contributed by atoms with Crippen molar-refractivity contribution < 1.29 is 9.53 Å². The first-order chi connectivity index (χ1) is 3.81. The van der Waals surface area contributed by atoms with E-state index in [2.05, 4.69) is 3.53 Å². The van der Waals surface area contributed by atoms with E-state index in [0.29, 0.717) is 6.61 Å². The Labute approximate surface area is 62.3 Å². The molecule has 0 radical (unpaired) electrons. The number of carbonyl (C=O) groups excluding carboxylic acids is 1. The van der Waals surface area contributed by atoms with Crippen LogP contribution in [0.4, 0.5) is 0 Å². The maximum absolute atomic E-state index is 10.3. The number of hydrogen-bond donors (Lipinski definition) is 1. The Morgan fingerprint density at radius 2 is 2.50 bits per heavy atom. The van der Waals surface area contributed by atoms with Gasteiger partial charge in [-0.15, -0.1) is 0 Å². The van der Waals surface area contributed by atoms with Gasteiger partial charge in [0.15, 0.2) is 0 Å². The fraction of sp³-hybridized carbons (Fsp3) is 0.750. The molecule has 0 aliphatic rings. The lowest BCUT2D eigenvalue weighted by Gasteiger charge is -1.95. The van der Waals surface area contributed by atoms with E-state index in [-0.39, 0.29) is 12.5 Å². The van der Waals surface area contributed by atoms with Gasteiger partial charge in [0.2, 0.25) is 0 Å². The fourth-order valence-corrected chi connectivity index (χ4v) is 0.378. The van der Waals surface area contributed by atoms with Crippen LogP contribution in [0, 0.1) is 0 Å². The molecule has 0 aliphatic heterocycles. The van der Waals surface area contributed by atoms with Crippen molar-refractivity contribution in [3.8, 4) is 0 Å². The second-order valence-electron chi connectivity index (χ2n) is 1.15. The van der Waals surface area contributed by atoms with E-state index >= 15 is 0 Å². The largest absolute Gasteiger partial charge is 0.372 e. The summed E-state index contributed by atoms with van der Waals surface area (Å²) in [6.07, 6.45) is 0. The molecule has 0 spiro atoms. The molecule has 0 aromatic rings. The molecule has 0 saturated heterocycles. The number of rotatable bonds is 3. The van der Waals surface area contributed by atoms with Crippen LogP contribution in [-0.2, 0) is 9.53 Å². The first-order valence-electron chi connectivity index (χ1n) is 2.28. The molecule has 0 fully saturated rings. The summed E-state index contributed by atoms with van der Waals surface area (Å²) < 4.78 is 7.18. The monoisotopic (exact) mass is 229 g/mol. The van der Waals surface area contributed by atoms with Crippen molar-refractivity contribution in [2.45, 2.75) is 6.92 Å². The maximum Gasteiger partial charge on any atom is 0.254 e. The number of hydrogen-bond acceptors (Lipinski definition) is 2. The highest BCUT2D eigenvalue weighted by molar-refractivity contribution is 14.1. The van der Waals surface area contributed by atoms with E-state index in [9.17, 15) is 4.79 Å². The van der Waals surface area contributed by atoms with Crippen molar-refractivity contribution in [3.63, 3.8) is 0 Å². The summed E-state index contributed by atoms with van der Waals surface area (Å²) in [4.78, 5) is 10.3. The Bertz CT molecular complexity index is 76.4. The minimum atomic E-state index is -0.0903. The van der Waals surface area contributed by atoms with Crippen molar-refractivity contribution in [3.05, 3.63) is 0 Å². The molecular weight excluding hydrogens is 221 g/mol. The molecule has 4 heteroatoms. The Kier molecular flexibility index (Phi) is 5.41. The van der Waals surface area contributed by atoms with Crippen LogP contribution in [0.15, 0.2) is 0 Å². The first kappa shape index (κ1) is 8.16. The number of ether oxygens (including phenoxy) is 1. The molecule has 0 rings (SSSR count). The van der Waals surface area contributed by atoms with Gasteiger partial charge in [-0.3, -0.25) is 8.32 Å². The normalized spacial score (nSPS) is 8.75. The van der Waals surface area contributed by atoms with Gasteiger partial charge in [0.25, 0.3) is 5.91 Å². The standard InChI is InChI=1S/C4H8INO2/c1-2-8-3-4(7)6-5/h2-3H2,1H3,(H,6,7). The molecule has 1 amide bonds. The second-order valence-corrected chi connectivity index (χ2v) is 1.69. The predicted octanol–water partition coefficient (Wildman–Crippen LogP) is 0.489. The molecule has 0 aromatic carbocycles. The van der Waals surface area contributed by atoms with Crippen LogP contribution in [0.3, 0.4) is 0 Å². The zero-order valence-corrected chi connectivity index (χ0v) is 6.77. The Hall–Kier alpha value is 0.160. The molecule has 8 heavy (non-hydrogen) atoms. The van der Waals surface area contributed by atoms with Crippen LogP contribution in [0.1, 0.15) is 6.92 Å². The van der Waals surface area contributed by atoms with Crippen molar-refractivity contribution in [2.24, 2.45) is 0 Å². The third-order valence-corrected chi connectivity index (χ3v) is 1.14. The van der Waals surface area contributed by atoms with Gasteiger partial charge in [-0.1, -0.05) is 0 Å². The summed E-state index contributed by atoms with van der Waals surface area (Å²) in [7, 11) is 0. The van der Waals surface area contributed by atoms with Gasteiger partial charge in [0.05, 0.1) is 22.9 Å². The molecule has 0 saturated carbocycles. The van der Waals surface area contributed by atoms with Gasteiger partial charge in [-0.05, 0) is 6.92 Å². The van der Waals surface area contributed by atoms with Gasteiger partial charge in [-0.2, -0.15) is 0 Å². The lowest BCUT2D eigenvalue weighted by molar-refractivity contribution is -0.123. The highest BCUT2D eigenvalue weighted by Crippen LogP contribution is 1.75. The van der Waals surface area contributed by atoms with Crippen molar-refractivity contribution in [1.82, 2.24) is 3.53 Å². The van der Waals surface area contributed by atoms with E-state index in [1.165, 1.54) is 0 Å². The molecule has 0 heterocycles. The zero-order chi connectivity index (χ0) is 6.41. The van der Waals surface area contributed by atoms with E-state index in [0.717, 1.165) is 0 Å². The Morgan fingerprint density at radius 3 is 2.88 bits per heavy atom. The molecule has 0 bridgehead atoms. The smallest absolute Gasteiger partial charge is 0.254 e. The van der Waals surface area contributed by atoms with Gasteiger partial charge in [-0.25, -0.2) is 0 Å². The lowest BCUT2D eigenvalue weighted by Crippen LogP contribution is -2.18. The van der Waals surface area contributed by atoms with Gasteiger partial charge < -0.3 is 4.74 Å². The van der Waals surface area contributed by atoms with Crippen LogP contribution >= 0.6 is 22.9 Å². The molecule has 48 valence electrons. The molecule has 1 N–H and O–H groups in total. The van der Waals surface area contributed by atoms with Crippen molar-refractivity contribution in [1.29, 1.82) is 0 Å². The molecule has 0 unspecified atom stereocenters. The SMILES string of the molecule is CCOCC(=O)NI. The molecule has 3 nitrogen and oxygen atoms in total.